The summed E-state index contributed by atoms with van der Waals surface area (Å²) in [6, 6.07) is 0. The summed E-state index contributed by atoms with van der Waals surface area (Å²) in [7, 11) is 0. The SMILES string of the molecule is Cc1cnc(C(=O)Nc2cncnc2)o1. The lowest BCUT2D eigenvalue weighted by Gasteiger charge is -1.99. The van der Waals surface area contributed by atoms with Crippen LogP contribution < -0.4 is 5.32 Å². The molecular weight excluding hydrogens is 196 g/mol. The van der Waals surface area contributed by atoms with Gasteiger partial charge in [-0.15, -0.1) is 0 Å². The van der Waals surface area contributed by atoms with Gasteiger partial charge in [0, 0.05) is 0 Å². The molecule has 0 aliphatic carbocycles. The minimum Gasteiger partial charge on any atom is -0.438 e. The van der Waals surface area contributed by atoms with Gasteiger partial charge in [0.2, 0.25) is 0 Å². The molecule has 0 radical (unpaired) electrons. The zero-order valence-corrected chi connectivity index (χ0v) is 7.97. The molecule has 2 aromatic heterocycles. The van der Waals surface area contributed by atoms with E-state index in [0.29, 0.717) is 11.4 Å². The fraction of sp³-hybridized carbons (Fsp3) is 0.111. The number of rotatable bonds is 2. The Labute approximate surface area is 85.4 Å². The Morgan fingerprint density at radius 1 is 1.33 bits per heavy atom. The molecule has 6 heteroatoms. The fourth-order valence-corrected chi connectivity index (χ4v) is 1.01. The molecule has 0 spiro atoms. The van der Waals surface area contributed by atoms with Crippen LogP contribution in [0.3, 0.4) is 0 Å². The Hall–Kier alpha value is -2.24. The Balaban J connectivity index is 2.11. The molecule has 1 N–H and O–H groups in total. The molecule has 2 aromatic rings. The van der Waals surface area contributed by atoms with Gasteiger partial charge < -0.3 is 9.73 Å². The molecule has 0 bridgehead atoms. The molecule has 0 atom stereocenters. The van der Waals surface area contributed by atoms with Crippen molar-refractivity contribution in [3.05, 3.63) is 36.6 Å². The zero-order chi connectivity index (χ0) is 10.7. The third kappa shape index (κ3) is 2.16. The number of carbonyl (C=O) groups is 1. The standard InChI is InChI=1S/C9H8N4O2/c1-6-2-12-9(15-6)8(14)13-7-3-10-5-11-4-7/h2-5H,1H3,(H,13,14). The number of oxazole rings is 1. The molecular formula is C9H8N4O2. The first-order valence-electron chi connectivity index (χ1n) is 4.24. The van der Waals surface area contributed by atoms with Crippen molar-refractivity contribution in [1.82, 2.24) is 15.0 Å². The van der Waals surface area contributed by atoms with Gasteiger partial charge in [-0.1, -0.05) is 0 Å². The van der Waals surface area contributed by atoms with E-state index in [0.717, 1.165) is 0 Å². The highest BCUT2D eigenvalue weighted by Crippen LogP contribution is 2.06. The topological polar surface area (TPSA) is 80.9 Å². The molecule has 0 aliphatic rings. The molecule has 2 heterocycles. The highest BCUT2D eigenvalue weighted by molar-refractivity contribution is 6.00. The van der Waals surface area contributed by atoms with Crippen molar-refractivity contribution in [2.75, 3.05) is 5.32 Å². The second kappa shape index (κ2) is 3.87. The van der Waals surface area contributed by atoms with Crippen LogP contribution in [-0.2, 0) is 0 Å². The molecule has 0 saturated carbocycles. The van der Waals surface area contributed by atoms with Gasteiger partial charge in [-0.3, -0.25) is 4.79 Å². The van der Waals surface area contributed by atoms with Crippen LogP contribution in [-0.4, -0.2) is 20.9 Å². The number of aromatic nitrogens is 3. The van der Waals surface area contributed by atoms with E-state index >= 15 is 0 Å². The largest absolute Gasteiger partial charge is 0.438 e. The summed E-state index contributed by atoms with van der Waals surface area (Å²) >= 11 is 0. The smallest absolute Gasteiger partial charge is 0.311 e. The number of nitrogens with one attached hydrogen (secondary N) is 1. The number of nitrogens with zero attached hydrogens (tertiary/aromatic N) is 3. The first-order valence-corrected chi connectivity index (χ1v) is 4.24. The van der Waals surface area contributed by atoms with Crippen LogP contribution in [0.25, 0.3) is 0 Å². The number of amides is 1. The normalized spacial score (nSPS) is 9.93. The van der Waals surface area contributed by atoms with Crippen LogP contribution in [0, 0.1) is 6.92 Å². The Kier molecular flexibility index (Phi) is 2.40. The van der Waals surface area contributed by atoms with E-state index in [2.05, 4.69) is 20.3 Å². The molecule has 1 amide bonds. The Morgan fingerprint density at radius 3 is 2.67 bits per heavy atom. The third-order valence-corrected chi connectivity index (χ3v) is 1.63. The summed E-state index contributed by atoms with van der Waals surface area (Å²) in [5, 5.41) is 2.55. The molecule has 0 saturated heterocycles. The lowest BCUT2D eigenvalue weighted by Crippen LogP contribution is -2.12. The van der Waals surface area contributed by atoms with Gasteiger partial charge in [0.25, 0.3) is 5.89 Å². The molecule has 0 aliphatic heterocycles. The summed E-state index contributed by atoms with van der Waals surface area (Å²) in [6.45, 7) is 1.72. The molecule has 2 rings (SSSR count). The second-order valence-electron chi connectivity index (χ2n) is 2.86. The highest BCUT2D eigenvalue weighted by atomic mass is 16.4. The zero-order valence-electron chi connectivity index (χ0n) is 7.97. The molecule has 0 aromatic carbocycles. The van der Waals surface area contributed by atoms with Crippen LogP contribution in [0.1, 0.15) is 16.4 Å². The van der Waals surface area contributed by atoms with E-state index in [1.807, 2.05) is 0 Å². The maximum Gasteiger partial charge on any atom is 0.311 e. The minimum atomic E-state index is -0.419. The molecule has 6 nitrogen and oxygen atoms in total. The maximum absolute atomic E-state index is 11.5. The first-order chi connectivity index (χ1) is 7.25. The Morgan fingerprint density at radius 2 is 2.07 bits per heavy atom. The maximum atomic E-state index is 11.5. The number of aryl methyl sites for hydroxylation is 1. The van der Waals surface area contributed by atoms with Gasteiger partial charge in [0.15, 0.2) is 0 Å². The van der Waals surface area contributed by atoms with E-state index in [-0.39, 0.29) is 5.89 Å². The van der Waals surface area contributed by atoms with E-state index in [9.17, 15) is 4.79 Å². The minimum absolute atomic E-state index is 0.0244. The summed E-state index contributed by atoms with van der Waals surface area (Å²) in [6.07, 6.45) is 5.84. The van der Waals surface area contributed by atoms with Gasteiger partial charge in [0.05, 0.1) is 24.3 Å². The number of hydrogen-bond donors (Lipinski definition) is 1. The van der Waals surface area contributed by atoms with Crippen molar-refractivity contribution < 1.29 is 9.21 Å². The summed E-state index contributed by atoms with van der Waals surface area (Å²) in [5.41, 5.74) is 0.498. The first kappa shape index (κ1) is 9.32. The predicted molar refractivity (Wildman–Crippen MR) is 51.2 cm³/mol. The van der Waals surface area contributed by atoms with Crippen LogP contribution in [0.5, 0.6) is 0 Å². The monoisotopic (exact) mass is 204 g/mol. The third-order valence-electron chi connectivity index (χ3n) is 1.63. The Bertz CT molecular complexity index is 466. The fourth-order valence-electron chi connectivity index (χ4n) is 1.01. The highest BCUT2D eigenvalue weighted by Gasteiger charge is 2.11. The van der Waals surface area contributed by atoms with Crippen molar-refractivity contribution in [2.45, 2.75) is 6.92 Å². The lowest BCUT2D eigenvalue weighted by atomic mass is 10.5. The summed E-state index contributed by atoms with van der Waals surface area (Å²) in [4.78, 5) is 22.8. The van der Waals surface area contributed by atoms with Crippen molar-refractivity contribution in [2.24, 2.45) is 0 Å². The number of carbonyl (C=O) groups excluding carboxylic acids is 1. The van der Waals surface area contributed by atoms with Gasteiger partial charge in [-0.25, -0.2) is 15.0 Å². The van der Waals surface area contributed by atoms with Crippen LogP contribution >= 0.6 is 0 Å². The van der Waals surface area contributed by atoms with Crippen molar-refractivity contribution in [3.8, 4) is 0 Å². The van der Waals surface area contributed by atoms with Crippen LogP contribution in [0.2, 0.25) is 0 Å². The molecule has 15 heavy (non-hydrogen) atoms. The van der Waals surface area contributed by atoms with Crippen LogP contribution in [0.15, 0.2) is 29.3 Å². The van der Waals surface area contributed by atoms with Crippen molar-refractivity contribution in [1.29, 1.82) is 0 Å². The van der Waals surface area contributed by atoms with Gasteiger partial charge >= 0.3 is 5.91 Å². The van der Waals surface area contributed by atoms with Gasteiger partial charge in [0.1, 0.15) is 12.1 Å². The summed E-state index contributed by atoms with van der Waals surface area (Å²) < 4.78 is 5.05. The summed E-state index contributed by atoms with van der Waals surface area (Å²) in [5.74, 6) is 0.193. The van der Waals surface area contributed by atoms with E-state index in [4.69, 9.17) is 4.42 Å². The van der Waals surface area contributed by atoms with Gasteiger partial charge in [-0.05, 0) is 6.92 Å². The van der Waals surface area contributed by atoms with Crippen molar-refractivity contribution >= 4 is 11.6 Å². The quantitative estimate of drug-likeness (QED) is 0.789. The lowest BCUT2D eigenvalue weighted by molar-refractivity contribution is 0.0989. The van der Waals surface area contributed by atoms with Crippen LogP contribution in [0.4, 0.5) is 5.69 Å². The van der Waals surface area contributed by atoms with E-state index < -0.39 is 5.91 Å². The number of anilines is 1. The average molecular weight is 204 g/mol. The molecule has 0 unspecified atom stereocenters. The molecule has 0 fully saturated rings. The number of hydrogen-bond acceptors (Lipinski definition) is 5. The average Bonchev–Trinajstić information content (AvgIpc) is 2.66. The predicted octanol–water partition coefficient (Wildman–Crippen LogP) is 1.03. The van der Waals surface area contributed by atoms with Crippen molar-refractivity contribution in [3.63, 3.8) is 0 Å². The molecule has 76 valence electrons. The van der Waals surface area contributed by atoms with E-state index in [1.54, 1.807) is 6.92 Å². The van der Waals surface area contributed by atoms with Gasteiger partial charge in [-0.2, -0.15) is 0 Å². The second-order valence-corrected chi connectivity index (χ2v) is 2.86. The van der Waals surface area contributed by atoms with E-state index in [1.165, 1.54) is 24.9 Å².